The van der Waals surface area contributed by atoms with Crippen LogP contribution in [0.2, 0.25) is 0 Å². The maximum atomic E-state index is 3.48. The van der Waals surface area contributed by atoms with Crippen LogP contribution in [0.3, 0.4) is 0 Å². The molecule has 0 unspecified atom stereocenters. The van der Waals surface area contributed by atoms with E-state index < -0.39 is 0 Å². The summed E-state index contributed by atoms with van der Waals surface area (Å²) in [5, 5.41) is 3.48. The van der Waals surface area contributed by atoms with E-state index in [2.05, 4.69) is 73.8 Å². The zero-order valence-electron chi connectivity index (χ0n) is 12.3. The second-order valence-electron chi connectivity index (χ2n) is 5.23. The zero-order valence-corrected chi connectivity index (χ0v) is 13.1. The lowest BCUT2D eigenvalue weighted by Crippen LogP contribution is -2.16. The molecule has 0 radical (unpaired) electrons. The van der Waals surface area contributed by atoms with E-state index in [0.717, 1.165) is 18.8 Å². The summed E-state index contributed by atoms with van der Waals surface area (Å²) in [7, 11) is 0. The number of rotatable bonds is 7. The molecule has 0 aliphatic carbocycles. The van der Waals surface area contributed by atoms with Gasteiger partial charge in [0.15, 0.2) is 0 Å². The highest BCUT2D eigenvalue weighted by atomic mass is 32.2. The van der Waals surface area contributed by atoms with Gasteiger partial charge in [-0.3, -0.25) is 0 Å². The Kier molecular flexibility index (Phi) is 6.16. The Labute approximate surface area is 126 Å². The van der Waals surface area contributed by atoms with Gasteiger partial charge in [-0.1, -0.05) is 56.3 Å². The fourth-order valence-corrected chi connectivity index (χ4v) is 2.83. The largest absolute Gasteiger partial charge is 0.312 e. The van der Waals surface area contributed by atoms with Crippen molar-refractivity contribution in [3.8, 4) is 0 Å². The summed E-state index contributed by atoms with van der Waals surface area (Å²) < 4.78 is 0. The van der Waals surface area contributed by atoms with Gasteiger partial charge in [-0.15, -0.1) is 11.8 Å². The maximum absolute atomic E-state index is 3.48. The second-order valence-corrected chi connectivity index (χ2v) is 6.40. The summed E-state index contributed by atoms with van der Waals surface area (Å²) in [6, 6.07) is 19.5. The van der Waals surface area contributed by atoms with Crippen LogP contribution in [0.4, 0.5) is 0 Å². The molecule has 1 N–H and O–H groups in total. The fourth-order valence-electron chi connectivity index (χ4n) is 2.02. The SMILES string of the molecule is CC(C)c1ccc(SCCNCc2ccccc2)cc1. The van der Waals surface area contributed by atoms with Crippen molar-refractivity contribution < 1.29 is 0 Å². The highest BCUT2D eigenvalue weighted by Crippen LogP contribution is 2.21. The number of nitrogens with one attached hydrogen (secondary N) is 1. The van der Waals surface area contributed by atoms with Crippen molar-refractivity contribution >= 4 is 11.8 Å². The van der Waals surface area contributed by atoms with Gasteiger partial charge in [0.2, 0.25) is 0 Å². The third kappa shape index (κ3) is 5.03. The summed E-state index contributed by atoms with van der Waals surface area (Å²) in [6.07, 6.45) is 0. The molecule has 0 saturated carbocycles. The molecule has 0 atom stereocenters. The van der Waals surface area contributed by atoms with E-state index in [1.54, 1.807) is 0 Å². The molecule has 1 nitrogen and oxygen atoms in total. The average molecular weight is 285 g/mol. The summed E-state index contributed by atoms with van der Waals surface area (Å²) >= 11 is 1.91. The van der Waals surface area contributed by atoms with Gasteiger partial charge in [0.1, 0.15) is 0 Å². The first-order valence-corrected chi connectivity index (χ1v) is 8.21. The molecule has 0 saturated heterocycles. The lowest BCUT2D eigenvalue weighted by Gasteiger charge is -2.07. The van der Waals surface area contributed by atoms with E-state index in [-0.39, 0.29) is 0 Å². The number of benzene rings is 2. The van der Waals surface area contributed by atoms with Crippen molar-refractivity contribution in [2.24, 2.45) is 0 Å². The van der Waals surface area contributed by atoms with Gasteiger partial charge in [-0.2, -0.15) is 0 Å². The third-order valence-corrected chi connectivity index (χ3v) is 4.28. The quantitative estimate of drug-likeness (QED) is 0.585. The molecule has 0 spiro atoms. The Hall–Kier alpha value is -1.25. The molecule has 106 valence electrons. The fraction of sp³-hybridized carbons (Fsp3) is 0.333. The van der Waals surface area contributed by atoms with Gasteiger partial charge in [-0.25, -0.2) is 0 Å². The Balaban J connectivity index is 1.66. The van der Waals surface area contributed by atoms with Gasteiger partial charge >= 0.3 is 0 Å². The van der Waals surface area contributed by atoms with Crippen molar-refractivity contribution in [1.82, 2.24) is 5.32 Å². The maximum Gasteiger partial charge on any atom is 0.0205 e. The average Bonchev–Trinajstić information content (AvgIpc) is 2.48. The lowest BCUT2D eigenvalue weighted by molar-refractivity contribution is 0.732. The molecule has 0 bridgehead atoms. The Morgan fingerprint density at radius 2 is 1.65 bits per heavy atom. The van der Waals surface area contributed by atoms with E-state index in [4.69, 9.17) is 0 Å². The molecule has 0 fully saturated rings. The van der Waals surface area contributed by atoms with Crippen LogP contribution >= 0.6 is 11.8 Å². The normalized spacial score (nSPS) is 10.9. The summed E-state index contributed by atoms with van der Waals surface area (Å²) in [6.45, 7) is 6.45. The number of hydrogen-bond donors (Lipinski definition) is 1. The first-order valence-electron chi connectivity index (χ1n) is 7.23. The highest BCUT2D eigenvalue weighted by molar-refractivity contribution is 7.99. The van der Waals surface area contributed by atoms with Crippen LogP contribution < -0.4 is 5.32 Å². The molecule has 0 heterocycles. The predicted molar refractivity (Wildman–Crippen MR) is 89.4 cm³/mol. The summed E-state index contributed by atoms with van der Waals surface area (Å²) in [5.74, 6) is 1.72. The monoisotopic (exact) mass is 285 g/mol. The number of hydrogen-bond acceptors (Lipinski definition) is 2. The first kappa shape index (κ1) is 15.1. The van der Waals surface area contributed by atoms with Crippen molar-refractivity contribution in [3.63, 3.8) is 0 Å². The molecule has 0 aliphatic rings. The molecule has 0 amide bonds. The van der Waals surface area contributed by atoms with Crippen LogP contribution in [0.1, 0.15) is 30.9 Å². The standard InChI is InChI=1S/C18H23NS/c1-15(2)17-8-10-18(11-9-17)20-13-12-19-14-16-6-4-3-5-7-16/h3-11,15,19H,12-14H2,1-2H3. The van der Waals surface area contributed by atoms with Gasteiger partial charge < -0.3 is 5.32 Å². The summed E-state index contributed by atoms with van der Waals surface area (Å²) in [5.41, 5.74) is 2.76. The van der Waals surface area contributed by atoms with Crippen LogP contribution in [-0.2, 0) is 6.54 Å². The Bertz CT molecular complexity index is 491. The van der Waals surface area contributed by atoms with E-state index in [9.17, 15) is 0 Å². The molecule has 2 rings (SSSR count). The van der Waals surface area contributed by atoms with Gasteiger partial charge in [0, 0.05) is 23.7 Å². The van der Waals surface area contributed by atoms with E-state index in [1.807, 2.05) is 11.8 Å². The zero-order chi connectivity index (χ0) is 14.2. The molecular weight excluding hydrogens is 262 g/mol. The van der Waals surface area contributed by atoms with Crippen LogP contribution in [0, 0.1) is 0 Å². The minimum Gasteiger partial charge on any atom is -0.312 e. The first-order chi connectivity index (χ1) is 9.75. The molecule has 20 heavy (non-hydrogen) atoms. The smallest absolute Gasteiger partial charge is 0.0205 e. The topological polar surface area (TPSA) is 12.0 Å². The minimum absolute atomic E-state index is 0.613. The van der Waals surface area contributed by atoms with Gasteiger partial charge in [-0.05, 0) is 29.2 Å². The molecule has 2 aromatic rings. The molecule has 2 heteroatoms. The van der Waals surface area contributed by atoms with Crippen LogP contribution in [0.5, 0.6) is 0 Å². The van der Waals surface area contributed by atoms with E-state index in [0.29, 0.717) is 5.92 Å². The van der Waals surface area contributed by atoms with Crippen LogP contribution in [0.15, 0.2) is 59.5 Å². The second kappa shape index (κ2) is 8.13. The van der Waals surface area contributed by atoms with Crippen molar-refractivity contribution in [2.45, 2.75) is 31.2 Å². The lowest BCUT2D eigenvalue weighted by atomic mass is 10.0. The van der Waals surface area contributed by atoms with Crippen LogP contribution in [0.25, 0.3) is 0 Å². The molecule has 2 aromatic carbocycles. The minimum atomic E-state index is 0.613. The van der Waals surface area contributed by atoms with Crippen LogP contribution in [-0.4, -0.2) is 12.3 Å². The Morgan fingerprint density at radius 1 is 0.950 bits per heavy atom. The van der Waals surface area contributed by atoms with Crippen molar-refractivity contribution in [2.75, 3.05) is 12.3 Å². The molecule has 0 aromatic heterocycles. The third-order valence-electron chi connectivity index (χ3n) is 3.27. The summed E-state index contributed by atoms with van der Waals surface area (Å²) in [4.78, 5) is 1.36. The molecular formula is C18H23NS. The van der Waals surface area contributed by atoms with Crippen molar-refractivity contribution in [1.29, 1.82) is 0 Å². The van der Waals surface area contributed by atoms with Gasteiger partial charge in [0.25, 0.3) is 0 Å². The Morgan fingerprint density at radius 3 is 2.30 bits per heavy atom. The van der Waals surface area contributed by atoms with E-state index >= 15 is 0 Å². The van der Waals surface area contributed by atoms with Crippen molar-refractivity contribution in [3.05, 3.63) is 65.7 Å². The predicted octanol–water partition coefficient (Wildman–Crippen LogP) is 4.69. The number of thioether (sulfide) groups is 1. The van der Waals surface area contributed by atoms with E-state index in [1.165, 1.54) is 16.0 Å². The molecule has 0 aliphatic heterocycles. The van der Waals surface area contributed by atoms with Gasteiger partial charge in [0.05, 0.1) is 0 Å². The highest BCUT2D eigenvalue weighted by Gasteiger charge is 1.99.